The summed E-state index contributed by atoms with van der Waals surface area (Å²) in [4.78, 5) is 23.3. The van der Waals surface area contributed by atoms with E-state index in [0.717, 1.165) is 5.56 Å². The number of carbonyl (C=O) groups excluding carboxylic acids is 2. The molecule has 0 aliphatic carbocycles. The van der Waals surface area contributed by atoms with Gasteiger partial charge in [-0.05, 0) is 31.5 Å². The molecule has 5 heteroatoms. The van der Waals surface area contributed by atoms with Gasteiger partial charge < -0.3 is 15.4 Å². The molecule has 0 spiro atoms. The summed E-state index contributed by atoms with van der Waals surface area (Å²) in [5, 5.41) is 5.30. The van der Waals surface area contributed by atoms with Crippen molar-refractivity contribution < 1.29 is 14.3 Å². The normalized spacial score (nSPS) is 11.8. The number of rotatable bonds is 4. The van der Waals surface area contributed by atoms with Crippen molar-refractivity contribution in [3.8, 4) is 0 Å². The second kappa shape index (κ2) is 6.16. The van der Waals surface area contributed by atoms with Crippen LogP contribution in [-0.2, 0) is 9.53 Å². The van der Waals surface area contributed by atoms with Crippen LogP contribution in [0.5, 0.6) is 0 Å². The van der Waals surface area contributed by atoms with Crippen molar-refractivity contribution in [1.29, 1.82) is 0 Å². The maximum absolute atomic E-state index is 11.7. The Morgan fingerprint density at radius 1 is 1.33 bits per heavy atom. The second-order valence-electron chi connectivity index (χ2n) is 3.92. The van der Waals surface area contributed by atoms with Crippen LogP contribution in [0.3, 0.4) is 0 Å². The summed E-state index contributed by atoms with van der Waals surface area (Å²) in [5.41, 5.74) is 1.89. The molecule has 1 unspecified atom stereocenters. The van der Waals surface area contributed by atoms with Crippen LogP contribution < -0.4 is 10.6 Å². The smallest absolute Gasteiger partial charge is 0.253 e. The third kappa shape index (κ3) is 3.07. The highest BCUT2D eigenvalue weighted by Gasteiger charge is 2.15. The SMILES string of the molecule is CNC(=O)c1cccc(NC(=O)C(C)OC)c1C. The summed E-state index contributed by atoms with van der Waals surface area (Å²) in [6, 6.07) is 5.19. The maximum atomic E-state index is 11.7. The van der Waals surface area contributed by atoms with Crippen molar-refractivity contribution in [1.82, 2.24) is 5.32 Å². The fourth-order valence-corrected chi connectivity index (χ4v) is 1.49. The Morgan fingerprint density at radius 3 is 2.56 bits per heavy atom. The average Bonchev–Trinajstić information content (AvgIpc) is 2.39. The number of carbonyl (C=O) groups is 2. The number of nitrogens with one attached hydrogen (secondary N) is 2. The number of hydrogen-bond donors (Lipinski definition) is 2. The Labute approximate surface area is 107 Å². The van der Waals surface area contributed by atoms with Gasteiger partial charge in [0.05, 0.1) is 0 Å². The molecule has 0 heterocycles. The Kier molecular flexibility index (Phi) is 4.85. The predicted molar refractivity (Wildman–Crippen MR) is 69.7 cm³/mol. The molecule has 0 fully saturated rings. The third-order valence-corrected chi connectivity index (χ3v) is 2.79. The van der Waals surface area contributed by atoms with Crippen molar-refractivity contribution in [2.75, 3.05) is 19.5 Å². The van der Waals surface area contributed by atoms with E-state index in [4.69, 9.17) is 4.74 Å². The summed E-state index contributed by atoms with van der Waals surface area (Å²) >= 11 is 0. The number of ether oxygens (including phenoxy) is 1. The summed E-state index contributed by atoms with van der Waals surface area (Å²) in [5.74, 6) is -0.418. The Morgan fingerprint density at radius 2 is 2.00 bits per heavy atom. The number of benzene rings is 1. The Balaban J connectivity index is 2.98. The van der Waals surface area contributed by atoms with Gasteiger partial charge in [0.2, 0.25) is 0 Å². The van der Waals surface area contributed by atoms with Crippen molar-refractivity contribution in [3.05, 3.63) is 29.3 Å². The first-order valence-electron chi connectivity index (χ1n) is 5.66. The van der Waals surface area contributed by atoms with Gasteiger partial charge in [-0.15, -0.1) is 0 Å². The van der Waals surface area contributed by atoms with Gasteiger partial charge in [-0.1, -0.05) is 6.07 Å². The molecule has 2 N–H and O–H groups in total. The minimum atomic E-state index is -0.534. The Hall–Kier alpha value is -1.88. The molecule has 0 aliphatic heterocycles. The zero-order valence-electron chi connectivity index (χ0n) is 11.0. The number of hydrogen-bond acceptors (Lipinski definition) is 3. The molecule has 1 aromatic carbocycles. The van der Waals surface area contributed by atoms with Gasteiger partial charge in [0.1, 0.15) is 6.10 Å². The molecule has 1 aromatic rings. The minimum Gasteiger partial charge on any atom is -0.372 e. The highest BCUT2D eigenvalue weighted by Crippen LogP contribution is 2.19. The first-order valence-corrected chi connectivity index (χ1v) is 5.66. The van der Waals surface area contributed by atoms with Crippen molar-refractivity contribution >= 4 is 17.5 Å². The average molecular weight is 250 g/mol. The van der Waals surface area contributed by atoms with Crippen LogP contribution >= 0.6 is 0 Å². The first kappa shape index (κ1) is 14.2. The lowest BCUT2D eigenvalue weighted by Gasteiger charge is -2.14. The Bertz CT molecular complexity index is 458. The molecule has 0 saturated carbocycles. The molecule has 5 nitrogen and oxygen atoms in total. The van der Waals surface area contributed by atoms with E-state index in [1.807, 2.05) is 0 Å². The van der Waals surface area contributed by atoms with Crippen LogP contribution in [0.15, 0.2) is 18.2 Å². The number of methoxy groups -OCH3 is 1. The summed E-state index contributed by atoms with van der Waals surface area (Å²) < 4.78 is 4.93. The fraction of sp³-hybridized carbons (Fsp3) is 0.385. The standard InChI is InChI=1S/C13H18N2O3/c1-8-10(13(17)14-3)6-5-7-11(8)15-12(16)9(2)18-4/h5-7,9H,1-4H3,(H,14,17)(H,15,16). The molecule has 0 aromatic heterocycles. The number of anilines is 1. The fourth-order valence-electron chi connectivity index (χ4n) is 1.49. The van der Waals surface area contributed by atoms with Gasteiger partial charge in [0, 0.05) is 25.4 Å². The first-order chi connectivity index (χ1) is 8.51. The highest BCUT2D eigenvalue weighted by molar-refractivity contribution is 6.00. The van der Waals surface area contributed by atoms with Crippen molar-refractivity contribution in [3.63, 3.8) is 0 Å². The van der Waals surface area contributed by atoms with Crippen molar-refractivity contribution in [2.24, 2.45) is 0 Å². The van der Waals surface area contributed by atoms with E-state index in [0.29, 0.717) is 11.3 Å². The molecule has 0 aliphatic rings. The van der Waals surface area contributed by atoms with E-state index in [2.05, 4.69) is 10.6 Å². The largest absolute Gasteiger partial charge is 0.372 e. The van der Waals surface area contributed by atoms with Gasteiger partial charge in [-0.25, -0.2) is 0 Å². The molecule has 1 atom stereocenters. The molecule has 98 valence electrons. The number of amides is 2. The van der Waals surface area contributed by atoms with Crippen LogP contribution in [0.25, 0.3) is 0 Å². The quantitative estimate of drug-likeness (QED) is 0.847. The zero-order chi connectivity index (χ0) is 13.7. The zero-order valence-corrected chi connectivity index (χ0v) is 11.0. The monoisotopic (exact) mass is 250 g/mol. The van der Waals surface area contributed by atoms with Gasteiger partial charge in [-0.2, -0.15) is 0 Å². The summed E-state index contributed by atoms with van der Waals surface area (Å²) in [6.45, 7) is 3.45. The highest BCUT2D eigenvalue weighted by atomic mass is 16.5. The van der Waals surface area contributed by atoms with Gasteiger partial charge in [-0.3, -0.25) is 9.59 Å². The molecule has 0 bridgehead atoms. The van der Waals surface area contributed by atoms with Crippen LogP contribution in [0.4, 0.5) is 5.69 Å². The van der Waals surface area contributed by atoms with Gasteiger partial charge in [0.25, 0.3) is 11.8 Å². The molecular formula is C13H18N2O3. The molecule has 0 saturated heterocycles. The molecular weight excluding hydrogens is 232 g/mol. The lowest BCUT2D eigenvalue weighted by Crippen LogP contribution is -2.27. The predicted octanol–water partition coefficient (Wildman–Crippen LogP) is 1.33. The lowest BCUT2D eigenvalue weighted by molar-refractivity contribution is -0.124. The second-order valence-corrected chi connectivity index (χ2v) is 3.92. The van der Waals surface area contributed by atoms with E-state index in [1.165, 1.54) is 7.11 Å². The lowest BCUT2D eigenvalue weighted by atomic mass is 10.1. The minimum absolute atomic E-state index is 0.177. The van der Waals surface area contributed by atoms with Gasteiger partial charge in [0.15, 0.2) is 0 Å². The topological polar surface area (TPSA) is 67.4 Å². The molecule has 0 radical (unpaired) electrons. The van der Waals surface area contributed by atoms with Gasteiger partial charge >= 0.3 is 0 Å². The van der Waals surface area contributed by atoms with E-state index in [-0.39, 0.29) is 11.8 Å². The van der Waals surface area contributed by atoms with Crippen LogP contribution in [0, 0.1) is 6.92 Å². The van der Waals surface area contributed by atoms with E-state index < -0.39 is 6.10 Å². The molecule has 18 heavy (non-hydrogen) atoms. The molecule has 2 amide bonds. The van der Waals surface area contributed by atoms with Crippen LogP contribution in [0.2, 0.25) is 0 Å². The molecule has 1 rings (SSSR count). The van der Waals surface area contributed by atoms with E-state index >= 15 is 0 Å². The van der Waals surface area contributed by atoms with Crippen LogP contribution in [-0.4, -0.2) is 32.1 Å². The van der Waals surface area contributed by atoms with Crippen LogP contribution in [0.1, 0.15) is 22.8 Å². The third-order valence-electron chi connectivity index (χ3n) is 2.79. The maximum Gasteiger partial charge on any atom is 0.253 e. The summed E-state index contributed by atoms with van der Waals surface area (Å²) in [7, 11) is 3.04. The van der Waals surface area contributed by atoms with E-state index in [9.17, 15) is 9.59 Å². The van der Waals surface area contributed by atoms with Crippen molar-refractivity contribution in [2.45, 2.75) is 20.0 Å². The summed E-state index contributed by atoms with van der Waals surface area (Å²) in [6.07, 6.45) is -0.534. The van der Waals surface area contributed by atoms with E-state index in [1.54, 1.807) is 39.1 Å².